The first-order valence-corrected chi connectivity index (χ1v) is 11.8. The molecule has 1 heterocycles. The van der Waals surface area contributed by atoms with Crippen molar-refractivity contribution in [2.75, 3.05) is 12.9 Å². The Balaban J connectivity index is 2.07. The van der Waals surface area contributed by atoms with Crippen LogP contribution in [0.5, 0.6) is 5.75 Å². The summed E-state index contributed by atoms with van der Waals surface area (Å²) in [4.78, 5) is 39.9. The van der Waals surface area contributed by atoms with E-state index in [1.165, 1.54) is 23.1 Å². The van der Waals surface area contributed by atoms with Crippen molar-refractivity contribution in [3.8, 4) is 5.75 Å². The monoisotopic (exact) mass is 434 g/mol. The van der Waals surface area contributed by atoms with E-state index < -0.39 is 23.3 Å². The molecule has 0 N–H and O–H groups in total. The summed E-state index contributed by atoms with van der Waals surface area (Å²) in [5.41, 5.74) is -0.407. The Labute approximate surface area is 179 Å². The summed E-state index contributed by atoms with van der Waals surface area (Å²) in [6.45, 7) is 7.61. The summed E-state index contributed by atoms with van der Waals surface area (Å²) in [7, 11) is 0. The van der Waals surface area contributed by atoms with Crippen molar-refractivity contribution in [1.29, 1.82) is 0 Å². The molecule has 29 heavy (non-hydrogen) atoms. The van der Waals surface area contributed by atoms with Gasteiger partial charge in [0.15, 0.2) is 17.5 Å². The molecule has 0 bridgehead atoms. The van der Waals surface area contributed by atoms with E-state index in [0.717, 1.165) is 27.8 Å². The first-order valence-electron chi connectivity index (χ1n) is 9.69. The van der Waals surface area contributed by atoms with Crippen molar-refractivity contribution < 1.29 is 23.9 Å². The van der Waals surface area contributed by atoms with Crippen LogP contribution in [0.2, 0.25) is 0 Å². The molecule has 1 aliphatic rings. The zero-order chi connectivity index (χ0) is 21.3. The van der Waals surface area contributed by atoms with Crippen molar-refractivity contribution in [3.63, 3.8) is 0 Å². The molecule has 1 atom stereocenters. The van der Waals surface area contributed by atoms with Crippen LogP contribution in [0.1, 0.15) is 50.9 Å². The highest BCUT2D eigenvalue weighted by Crippen LogP contribution is 2.42. The van der Waals surface area contributed by atoms with E-state index in [4.69, 9.17) is 9.47 Å². The van der Waals surface area contributed by atoms with Gasteiger partial charge in [0.25, 0.3) is 0 Å². The SMILES string of the molecule is CCOc1csc2ccc(C(=O)C(C(=O)OC(C)(C)C)C(=O)C3CC3)c(SC)c12. The average molecular weight is 435 g/mol. The standard InChI is InChI=1S/C22H26O5S2/c1-6-26-14-11-29-15-10-9-13(20(28-5)16(14)15)19(24)17(18(23)12-7-8-12)21(25)27-22(2,3)4/h9-12,17H,6-8H2,1-5H3. The molecule has 0 aliphatic heterocycles. The molecule has 0 amide bonds. The van der Waals surface area contributed by atoms with Gasteiger partial charge >= 0.3 is 5.97 Å². The zero-order valence-electron chi connectivity index (χ0n) is 17.4. The molecule has 5 nitrogen and oxygen atoms in total. The summed E-state index contributed by atoms with van der Waals surface area (Å²) in [6.07, 6.45) is 3.32. The van der Waals surface area contributed by atoms with Crippen LogP contribution in [-0.4, -0.2) is 36.0 Å². The third kappa shape index (κ3) is 4.67. The van der Waals surface area contributed by atoms with E-state index in [0.29, 0.717) is 17.9 Å². The second-order valence-electron chi connectivity index (χ2n) is 8.06. The van der Waals surface area contributed by atoms with Crippen molar-refractivity contribution in [1.82, 2.24) is 0 Å². The quantitative estimate of drug-likeness (QED) is 0.248. The minimum absolute atomic E-state index is 0.224. The number of carbonyl (C=O) groups is 3. The van der Waals surface area contributed by atoms with Crippen molar-refractivity contribution in [2.45, 2.75) is 51.0 Å². The van der Waals surface area contributed by atoms with Crippen molar-refractivity contribution in [2.24, 2.45) is 11.8 Å². The van der Waals surface area contributed by atoms with Crippen LogP contribution in [0, 0.1) is 11.8 Å². The molecule has 1 unspecified atom stereocenters. The largest absolute Gasteiger partial charge is 0.492 e. The van der Waals surface area contributed by atoms with Crippen LogP contribution < -0.4 is 4.74 Å². The minimum Gasteiger partial charge on any atom is -0.492 e. The van der Waals surface area contributed by atoms with Crippen LogP contribution in [0.25, 0.3) is 10.1 Å². The number of thiophene rings is 1. The highest BCUT2D eigenvalue weighted by atomic mass is 32.2. The van der Waals surface area contributed by atoms with Crippen molar-refractivity contribution in [3.05, 3.63) is 23.1 Å². The maximum absolute atomic E-state index is 13.5. The number of hydrogen-bond acceptors (Lipinski definition) is 7. The molecule has 0 spiro atoms. The lowest BCUT2D eigenvalue weighted by molar-refractivity contribution is -0.160. The summed E-state index contributed by atoms with van der Waals surface area (Å²) in [6, 6.07) is 3.56. The van der Waals surface area contributed by atoms with Gasteiger partial charge in [0.2, 0.25) is 0 Å². The summed E-state index contributed by atoms with van der Waals surface area (Å²) >= 11 is 2.96. The molecule has 156 valence electrons. The normalized spacial score (nSPS) is 15.2. The van der Waals surface area contributed by atoms with E-state index in [2.05, 4.69) is 0 Å². The molecular weight excluding hydrogens is 408 g/mol. The molecule has 0 saturated heterocycles. The molecule has 1 fully saturated rings. The Morgan fingerprint density at radius 2 is 1.93 bits per heavy atom. The van der Waals surface area contributed by atoms with Gasteiger partial charge in [-0.25, -0.2) is 0 Å². The Morgan fingerprint density at radius 3 is 2.48 bits per heavy atom. The molecule has 1 aromatic carbocycles. The van der Waals surface area contributed by atoms with Crippen LogP contribution in [0.4, 0.5) is 0 Å². The average Bonchev–Trinajstić information content (AvgIpc) is 3.41. The topological polar surface area (TPSA) is 69.7 Å². The zero-order valence-corrected chi connectivity index (χ0v) is 19.0. The highest BCUT2D eigenvalue weighted by Gasteiger charge is 2.45. The third-order valence-corrected chi connectivity index (χ3v) is 6.36. The number of ether oxygens (including phenoxy) is 2. The number of fused-ring (bicyclic) bond motifs is 1. The maximum Gasteiger partial charge on any atom is 0.325 e. The van der Waals surface area contributed by atoms with E-state index in [-0.39, 0.29) is 11.7 Å². The second kappa shape index (κ2) is 8.48. The van der Waals surface area contributed by atoms with Gasteiger partial charge < -0.3 is 9.47 Å². The molecule has 0 radical (unpaired) electrons. The first-order chi connectivity index (χ1) is 13.7. The third-order valence-electron chi connectivity index (χ3n) is 4.60. The Kier molecular flexibility index (Phi) is 6.39. The van der Waals surface area contributed by atoms with Gasteiger partial charge in [-0.3, -0.25) is 14.4 Å². The lowest BCUT2D eigenvalue weighted by atomic mass is 9.90. The van der Waals surface area contributed by atoms with Crippen LogP contribution in [0.3, 0.4) is 0 Å². The lowest BCUT2D eigenvalue weighted by Crippen LogP contribution is -2.38. The van der Waals surface area contributed by atoms with Crippen LogP contribution in [0.15, 0.2) is 22.4 Å². The molecule has 2 aromatic rings. The van der Waals surface area contributed by atoms with Gasteiger partial charge in [-0.05, 0) is 58.9 Å². The van der Waals surface area contributed by atoms with Gasteiger partial charge in [0.05, 0.1) is 6.61 Å². The number of carbonyl (C=O) groups excluding carboxylic acids is 3. The van der Waals surface area contributed by atoms with Gasteiger partial charge in [-0.2, -0.15) is 0 Å². The first kappa shape index (κ1) is 21.8. The van der Waals surface area contributed by atoms with Gasteiger partial charge in [0.1, 0.15) is 11.4 Å². The van der Waals surface area contributed by atoms with E-state index in [1.807, 2.05) is 24.6 Å². The fraction of sp³-hybridized carbons (Fsp3) is 0.500. The van der Waals surface area contributed by atoms with Crippen molar-refractivity contribution >= 4 is 50.7 Å². The molecule has 7 heteroatoms. The molecule has 3 rings (SSSR count). The van der Waals surface area contributed by atoms with E-state index >= 15 is 0 Å². The summed E-state index contributed by atoms with van der Waals surface area (Å²) < 4.78 is 12.2. The summed E-state index contributed by atoms with van der Waals surface area (Å²) in [5.74, 6) is -2.50. The van der Waals surface area contributed by atoms with Crippen LogP contribution in [-0.2, 0) is 14.3 Å². The molecule has 1 aromatic heterocycles. The van der Waals surface area contributed by atoms with E-state index in [1.54, 1.807) is 26.8 Å². The Hall–Kier alpha value is -1.86. The van der Waals surface area contributed by atoms with E-state index in [9.17, 15) is 14.4 Å². The minimum atomic E-state index is -1.42. The predicted molar refractivity (Wildman–Crippen MR) is 116 cm³/mol. The second-order valence-corrected chi connectivity index (χ2v) is 9.79. The Bertz CT molecular complexity index is 950. The number of esters is 1. The number of Topliss-reactive ketones (excluding diaryl/α,β-unsaturated/α-hetero) is 2. The molecular formula is C22H26O5S2. The molecule has 1 saturated carbocycles. The fourth-order valence-electron chi connectivity index (χ4n) is 3.21. The number of rotatable bonds is 8. The van der Waals surface area contributed by atoms with Crippen LogP contribution >= 0.6 is 23.1 Å². The fourth-order valence-corrected chi connectivity index (χ4v) is 4.97. The smallest absolute Gasteiger partial charge is 0.325 e. The maximum atomic E-state index is 13.5. The number of benzene rings is 1. The lowest BCUT2D eigenvalue weighted by Gasteiger charge is -2.23. The number of hydrogen-bond donors (Lipinski definition) is 0. The van der Waals surface area contributed by atoms with Gasteiger partial charge in [0, 0.05) is 31.8 Å². The number of ketones is 2. The van der Waals surface area contributed by atoms with Gasteiger partial charge in [-0.15, -0.1) is 23.1 Å². The Morgan fingerprint density at radius 1 is 1.24 bits per heavy atom. The highest BCUT2D eigenvalue weighted by molar-refractivity contribution is 7.99. The van der Waals surface area contributed by atoms with Gasteiger partial charge in [-0.1, -0.05) is 0 Å². The number of thioether (sulfide) groups is 1. The predicted octanol–water partition coefficient (Wildman–Crippen LogP) is 5.14. The molecule has 1 aliphatic carbocycles. The summed E-state index contributed by atoms with van der Waals surface area (Å²) in [5, 5.41) is 2.78.